The fourth-order valence-corrected chi connectivity index (χ4v) is 2.11. The summed E-state index contributed by atoms with van der Waals surface area (Å²) in [6.07, 6.45) is -0.371. The van der Waals surface area contributed by atoms with Gasteiger partial charge in [0.2, 0.25) is 0 Å². The molecule has 0 aromatic heterocycles. The van der Waals surface area contributed by atoms with Gasteiger partial charge in [-0.05, 0) is 18.2 Å². The van der Waals surface area contributed by atoms with E-state index < -0.39 is 0 Å². The molecule has 1 aliphatic rings. The lowest BCUT2D eigenvalue weighted by molar-refractivity contribution is 0.146. The summed E-state index contributed by atoms with van der Waals surface area (Å²) in [5, 5.41) is 4.05. The van der Waals surface area contributed by atoms with Crippen LogP contribution in [0.1, 0.15) is 0 Å². The van der Waals surface area contributed by atoms with Crippen LogP contribution in [0.25, 0.3) is 0 Å². The van der Waals surface area contributed by atoms with Crippen molar-refractivity contribution in [3.8, 4) is 5.75 Å². The van der Waals surface area contributed by atoms with Crippen LogP contribution in [-0.4, -0.2) is 37.2 Å². The van der Waals surface area contributed by atoms with Crippen LogP contribution in [0, 0.1) is 0 Å². The molecule has 0 unspecified atom stereocenters. The zero-order valence-electron chi connectivity index (χ0n) is 9.08. The van der Waals surface area contributed by atoms with Gasteiger partial charge in [-0.2, -0.15) is 0 Å². The highest BCUT2D eigenvalue weighted by Gasteiger charge is 2.18. The lowest BCUT2D eigenvalue weighted by atomic mass is 10.3. The third-order valence-corrected chi connectivity index (χ3v) is 2.85. The van der Waals surface area contributed by atoms with E-state index in [4.69, 9.17) is 27.9 Å². The largest absolute Gasteiger partial charge is 0.415 e. The van der Waals surface area contributed by atoms with Crippen LogP contribution in [0.4, 0.5) is 4.79 Å². The van der Waals surface area contributed by atoms with E-state index in [9.17, 15) is 4.79 Å². The summed E-state index contributed by atoms with van der Waals surface area (Å²) in [6, 6.07) is 4.71. The number of carbonyl (C=O) groups excluding carboxylic acids is 1. The summed E-state index contributed by atoms with van der Waals surface area (Å²) in [6.45, 7) is 2.86. The van der Waals surface area contributed by atoms with Gasteiger partial charge in [-0.15, -0.1) is 0 Å². The highest BCUT2D eigenvalue weighted by Crippen LogP contribution is 2.24. The number of amides is 1. The van der Waals surface area contributed by atoms with Crippen LogP contribution in [0.15, 0.2) is 18.2 Å². The smallest absolute Gasteiger partial charge is 0.410 e. The average molecular weight is 275 g/mol. The number of benzene rings is 1. The number of hydrogen-bond acceptors (Lipinski definition) is 3. The lowest BCUT2D eigenvalue weighted by Crippen LogP contribution is -2.47. The van der Waals surface area contributed by atoms with E-state index in [1.807, 2.05) is 0 Å². The van der Waals surface area contributed by atoms with Gasteiger partial charge in [0.15, 0.2) is 0 Å². The molecule has 0 atom stereocenters. The molecule has 0 aliphatic carbocycles. The molecule has 1 heterocycles. The molecular weight excluding hydrogens is 263 g/mol. The second-order valence-corrected chi connectivity index (χ2v) is 4.58. The first-order chi connectivity index (χ1) is 8.15. The van der Waals surface area contributed by atoms with E-state index in [2.05, 4.69) is 5.32 Å². The third kappa shape index (κ3) is 3.49. The minimum atomic E-state index is -0.371. The number of nitrogens with zero attached hydrogens (tertiary/aromatic N) is 1. The molecule has 0 bridgehead atoms. The molecule has 1 aromatic rings. The molecule has 0 spiro atoms. The number of piperazine rings is 1. The van der Waals surface area contributed by atoms with Gasteiger partial charge in [-0.1, -0.05) is 23.2 Å². The van der Waals surface area contributed by atoms with Gasteiger partial charge in [0.05, 0.1) is 0 Å². The molecule has 1 aliphatic heterocycles. The van der Waals surface area contributed by atoms with Crippen LogP contribution in [0.2, 0.25) is 10.0 Å². The van der Waals surface area contributed by atoms with Gasteiger partial charge in [0, 0.05) is 36.2 Å². The minimum absolute atomic E-state index is 0.367. The molecule has 0 radical (unpaired) electrons. The van der Waals surface area contributed by atoms with E-state index in [1.165, 1.54) is 0 Å². The topological polar surface area (TPSA) is 41.6 Å². The highest BCUT2D eigenvalue weighted by atomic mass is 35.5. The molecular formula is C11H12Cl2N2O2. The molecule has 1 aromatic carbocycles. The van der Waals surface area contributed by atoms with E-state index in [1.54, 1.807) is 23.1 Å². The Hall–Kier alpha value is -0.970. The first-order valence-corrected chi connectivity index (χ1v) is 6.04. The Balaban J connectivity index is 2.01. The first kappa shape index (κ1) is 12.5. The normalized spacial score (nSPS) is 15.8. The molecule has 0 saturated carbocycles. The predicted octanol–water partition coefficient (Wildman–Crippen LogP) is 2.40. The summed E-state index contributed by atoms with van der Waals surface area (Å²) in [4.78, 5) is 13.4. The monoisotopic (exact) mass is 274 g/mol. The van der Waals surface area contributed by atoms with Crippen LogP contribution in [0.3, 0.4) is 0 Å². The van der Waals surface area contributed by atoms with Crippen molar-refractivity contribution in [3.05, 3.63) is 28.2 Å². The number of halogens is 2. The maximum Gasteiger partial charge on any atom is 0.415 e. The zero-order valence-corrected chi connectivity index (χ0v) is 10.6. The number of ether oxygens (including phenoxy) is 1. The molecule has 92 valence electrons. The van der Waals surface area contributed by atoms with Crippen molar-refractivity contribution < 1.29 is 9.53 Å². The zero-order chi connectivity index (χ0) is 12.3. The molecule has 1 saturated heterocycles. The van der Waals surface area contributed by atoms with E-state index in [0.29, 0.717) is 28.9 Å². The second kappa shape index (κ2) is 5.58. The Morgan fingerprint density at radius 3 is 2.35 bits per heavy atom. The van der Waals surface area contributed by atoms with Crippen molar-refractivity contribution in [3.63, 3.8) is 0 Å². The van der Waals surface area contributed by atoms with Gasteiger partial charge in [-0.25, -0.2) is 4.79 Å². The van der Waals surface area contributed by atoms with E-state index in [-0.39, 0.29) is 6.09 Å². The Kier molecular flexibility index (Phi) is 4.10. The molecule has 1 amide bonds. The third-order valence-electron chi connectivity index (χ3n) is 2.42. The molecule has 6 heteroatoms. The first-order valence-electron chi connectivity index (χ1n) is 5.29. The number of nitrogens with one attached hydrogen (secondary N) is 1. The summed E-state index contributed by atoms with van der Waals surface area (Å²) in [5.41, 5.74) is 0. The fourth-order valence-electron chi connectivity index (χ4n) is 1.60. The maximum absolute atomic E-state index is 11.8. The molecule has 17 heavy (non-hydrogen) atoms. The van der Waals surface area contributed by atoms with Gasteiger partial charge < -0.3 is 15.0 Å². The van der Waals surface area contributed by atoms with Crippen molar-refractivity contribution in [1.82, 2.24) is 10.2 Å². The van der Waals surface area contributed by atoms with Crippen LogP contribution in [-0.2, 0) is 0 Å². The van der Waals surface area contributed by atoms with E-state index in [0.717, 1.165) is 13.1 Å². The summed E-state index contributed by atoms with van der Waals surface area (Å²) in [5.74, 6) is 0.367. The Morgan fingerprint density at radius 2 is 1.76 bits per heavy atom. The summed E-state index contributed by atoms with van der Waals surface area (Å²) < 4.78 is 5.21. The van der Waals surface area contributed by atoms with Crippen molar-refractivity contribution in [2.24, 2.45) is 0 Å². The average Bonchev–Trinajstić information content (AvgIpc) is 2.28. The standard InChI is InChI=1S/C11H12Cl2N2O2/c12-8-5-9(13)7-10(6-8)17-11(16)15-3-1-14-2-4-15/h5-7,14H,1-4H2. The lowest BCUT2D eigenvalue weighted by Gasteiger charge is -2.26. The SMILES string of the molecule is O=C(Oc1cc(Cl)cc(Cl)c1)N1CCNCC1. The van der Waals surface area contributed by atoms with Crippen molar-refractivity contribution in [1.29, 1.82) is 0 Å². The summed E-state index contributed by atoms with van der Waals surface area (Å²) in [7, 11) is 0. The second-order valence-electron chi connectivity index (χ2n) is 3.71. The maximum atomic E-state index is 11.8. The summed E-state index contributed by atoms with van der Waals surface area (Å²) >= 11 is 11.6. The molecule has 4 nitrogen and oxygen atoms in total. The Labute approximate surface area is 109 Å². The van der Waals surface area contributed by atoms with E-state index >= 15 is 0 Å². The Morgan fingerprint density at radius 1 is 1.18 bits per heavy atom. The quantitative estimate of drug-likeness (QED) is 0.855. The van der Waals surface area contributed by atoms with Crippen LogP contribution >= 0.6 is 23.2 Å². The molecule has 2 rings (SSSR count). The fraction of sp³-hybridized carbons (Fsp3) is 0.364. The van der Waals surface area contributed by atoms with Gasteiger partial charge >= 0.3 is 6.09 Å². The van der Waals surface area contributed by atoms with Gasteiger partial charge in [-0.3, -0.25) is 0 Å². The predicted molar refractivity (Wildman–Crippen MR) is 66.9 cm³/mol. The van der Waals surface area contributed by atoms with Crippen LogP contribution < -0.4 is 10.1 Å². The number of carbonyl (C=O) groups is 1. The van der Waals surface area contributed by atoms with Crippen LogP contribution in [0.5, 0.6) is 5.75 Å². The number of hydrogen-bond donors (Lipinski definition) is 1. The van der Waals surface area contributed by atoms with Gasteiger partial charge in [0.25, 0.3) is 0 Å². The molecule has 1 N–H and O–H groups in total. The van der Waals surface area contributed by atoms with Crippen molar-refractivity contribution in [2.75, 3.05) is 26.2 Å². The molecule has 1 fully saturated rings. The number of rotatable bonds is 1. The van der Waals surface area contributed by atoms with Crippen molar-refractivity contribution in [2.45, 2.75) is 0 Å². The highest BCUT2D eigenvalue weighted by molar-refractivity contribution is 6.34. The van der Waals surface area contributed by atoms with Crippen molar-refractivity contribution >= 4 is 29.3 Å². The van der Waals surface area contributed by atoms with Gasteiger partial charge in [0.1, 0.15) is 5.75 Å². The minimum Gasteiger partial charge on any atom is -0.410 e. The Bertz CT molecular complexity index is 400.